The van der Waals surface area contributed by atoms with E-state index in [1.165, 1.54) is 24.3 Å². The van der Waals surface area contributed by atoms with E-state index in [1.54, 1.807) is 43.3 Å². The molecule has 0 atom stereocenters. The summed E-state index contributed by atoms with van der Waals surface area (Å²) < 4.78 is 54.8. The van der Waals surface area contributed by atoms with Gasteiger partial charge in [-0.05, 0) is 37.6 Å². The van der Waals surface area contributed by atoms with E-state index in [1.807, 2.05) is 6.92 Å². The number of benzene rings is 2. The molecule has 0 bridgehead atoms. The molecule has 0 radical (unpaired) electrons. The first-order valence-corrected chi connectivity index (χ1v) is 11.0. The molecule has 6 nitrogen and oxygen atoms in total. The van der Waals surface area contributed by atoms with Crippen molar-refractivity contribution in [2.45, 2.75) is 36.5 Å². The summed E-state index contributed by atoms with van der Waals surface area (Å²) in [5, 5.41) is 0. The van der Waals surface area contributed by atoms with Crippen LogP contribution in [0.25, 0.3) is 0 Å². The van der Waals surface area contributed by atoms with Crippen LogP contribution in [0, 0.1) is 0 Å². The highest BCUT2D eigenvalue weighted by Crippen LogP contribution is 2.12. The molecule has 2 aromatic carbocycles. The summed E-state index contributed by atoms with van der Waals surface area (Å²) in [6.07, 6.45) is 1.68. The maximum atomic E-state index is 11.5. The molecule has 0 fully saturated rings. The highest BCUT2D eigenvalue weighted by molar-refractivity contribution is 7.87. The van der Waals surface area contributed by atoms with Crippen molar-refractivity contribution in [2.24, 2.45) is 0 Å². The minimum Gasteiger partial charge on any atom is -0.267 e. The Bertz CT molecular complexity index is 832. The molecule has 0 N–H and O–H groups in total. The number of unbranched alkanes of at least 4 members (excludes halogenated alkanes) is 1. The predicted molar refractivity (Wildman–Crippen MR) is 99.7 cm³/mol. The van der Waals surface area contributed by atoms with E-state index in [0.717, 1.165) is 12.8 Å². The van der Waals surface area contributed by atoms with Crippen molar-refractivity contribution in [3.8, 4) is 0 Å². The van der Waals surface area contributed by atoms with Gasteiger partial charge in [0.05, 0.1) is 23.0 Å². The molecule has 0 unspecified atom stereocenters. The summed E-state index contributed by atoms with van der Waals surface area (Å²) >= 11 is 0. The fourth-order valence-electron chi connectivity index (χ4n) is 1.78. The van der Waals surface area contributed by atoms with Gasteiger partial charge in [0.25, 0.3) is 20.2 Å². The molecule has 0 saturated carbocycles. The van der Waals surface area contributed by atoms with Crippen LogP contribution in [-0.4, -0.2) is 30.0 Å². The van der Waals surface area contributed by atoms with Crippen molar-refractivity contribution in [3.05, 3.63) is 60.7 Å². The Morgan fingerprint density at radius 2 is 1.12 bits per heavy atom. The molecule has 2 rings (SSSR count). The third-order valence-corrected chi connectivity index (χ3v) is 5.80. The van der Waals surface area contributed by atoms with E-state index < -0.39 is 20.2 Å². The first-order chi connectivity index (χ1) is 12.3. The van der Waals surface area contributed by atoms with Crippen molar-refractivity contribution in [1.29, 1.82) is 0 Å². The normalized spacial score (nSPS) is 11.5. The summed E-state index contributed by atoms with van der Waals surface area (Å²) in [6, 6.07) is 16.3. The molecule has 0 aliphatic rings. The Labute approximate surface area is 156 Å². The standard InChI is InChI=1S/C10H14O3S.C8H10O3S/c1-2-3-9-13-14(11,12)10-7-5-4-6-8-10;1-2-11-12(9,10)8-6-4-3-5-7-8/h4-8H,2-3,9H2,1H3;3-7H,2H2,1H3. The summed E-state index contributed by atoms with van der Waals surface area (Å²) in [4.78, 5) is 0.419. The highest BCUT2D eigenvalue weighted by Gasteiger charge is 2.13. The van der Waals surface area contributed by atoms with Crippen molar-refractivity contribution >= 4 is 20.2 Å². The maximum Gasteiger partial charge on any atom is 0.296 e. The summed E-state index contributed by atoms with van der Waals surface area (Å²) in [6.45, 7) is 4.05. The van der Waals surface area contributed by atoms with Gasteiger partial charge in [0.2, 0.25) is 0 Å². The largest absolute Gasteiger partial charge is 0.296 e. The molecule has 0 spiro atoms. The molecular formula is C18H24O6S2. The second kappa shape index (κ2) is 11.1. The Morgan fingerprint density at radius 3 is 1.50 bits per heavy atom. The second-order valence-electron chi connectivity index (χ2n) is 5.12. The third kappa shape index (κ3) is 7.65. The zero-order valence-corrected chi connectivity index (χ0v) is 16.5. The summed E-state index contributed by atoms with van der Waals surface area (Å²) in [5.41, 5.74) is 0. The smallest absolute Gasteiger partial charge is 0.267 e. The van der Waals surface area contributed by atoms with E-state index in [9.17, 15) is 16.8 Å². The van der Waals surface area contributed by atoms with Crippen LogP contribution in [0.3, 0.4) is 0 Å². The van der Waals surface area contributed by atoms with Crippen LogP contribution in [0.5, 0.6) is 0 Å². The Balaban J connectivity index is 0.000000263. The van der Waals surface area contributed by atoms with Gasteiger partial charge < -0.3 is 0 Å². The monoisotopic (exact) mass is 400 g/mol. The first kappa shape index (κ1) is 22.3. The molecule has 0 aromatic heterocycles. The predicted octanol–water partition coefficient (Wildman–Crippen LogP) is 3.60. The lowest BCUT2D eigenvalue weighted by Gasteiger charge is -2.03. The zero-order valence-electron chi connectivity index (χ0n) is 14.9. The second-order valence-corrected chi connectivity index (χ2v) is 8.35. The van der Waals surface area contributed by atoms with Crippen LogP contribution in [0.4, 0.5) is 0 Å². The topological polar surface area (TPSA) is 86.7 Å². The summed E-state index contributed by atoms with van der Waals surface area (Å²) in [7, 11) is -7.04. The minimum atomic E-state index is -3.53. The van der Waals surface area contributed by atoms with Gasteiger partial charge in [-0.25, -0.2) is 0 Å². The SMILES string of the molecule is CCCCOS(=O)(=O)c1ccccc1.CCOS(=O)(=O)c1ccccc1. The van der Waals surface area contributed by atoms with E-state index in [-0.39, 0.29) is 23.0 Å². The maximum absolute atomic E-state index is 11.5. The molecule has 2 aromatic rings. The zero-order chi connectivity index (χ0) is 19.5. The van der Waals surface area contributed by atoms with Gasteiger partial charge in [0, 0.05) is 0 Å². The molecular weight excluding hydrogens is 376 g/mol. The number of hydrogen-bond acceptors (Lipinski definition) is 6. The highest BCUT2D eigenvalue weighted by atomic mass is 32.2. The summed E-state index contributed by atoms with van der Waals surface area (Å²) in [5.74, 6) is 0. The number of hydrogen-bond donors (Lipinski definition) is 0. The van der Waals surface area contributed by atoms with Crippen LogP contribution in [0.15, 0.2) is 70.5 Å². The molecule has 0 aliphatic heterocycles. The quantitative estimate of drug-likeness (QED) is 0.497. The molecule has 0 saturated heterocycles. The average molecular weight is 401 g/mol. The Hall–Kier alpha value is -1.74. The molecule has 144 valence electrons. The van der Waals surface area contributed by atoms with Gasteiger partial charge >= 0.3 is 0 Å². The van der Waals surface area contributed by atoms with Gasteiger partial charge in [-0.2, -0.15) is 16.8 Å². The van der Waals surface area contributed by atoms with Crippen LogP contribution in [0.1, 0.15) is 26.7 Å². The fourth-order valence-corrected chi connectivity index (χ4v) is 3.68. The molecule has 0 heterocycles. The Morgan fingerprint density at radius 1 is 0.692 bits per heavy atom. The van der Waals surface area contributed by atoms with E-state index in [2.05, 4.69) is 4.18 Å². The molecule has 26 heavy (non-hydrogen) atoms. The van der Waals surface area contributed by atoms with Crippen molar-refractivity contribution in [1.82, 2.24) is 0 Å². The minimum absolute atomic E-state index is 0.164. The molecule has 0 amide bonds. The van der Waals surface area contributed by atoms with Crippen LogP contribution >= 0.6 is 0 Å². The lowest BCUT2D eigenvalue weighted by atomic mass is 10.4. The third-order valence-electron chi connectivity index (χ3n) is 3.07. The average Bonchev–Trinajstić information content (AvgIpc) is 2.64. The van der Waals surface area contributed by atoms with Crippen molar-refractivity contribution in [3.63, 3.8) is 0 Å². The van der Waals surface area contributed by atoms with E-state index in [4.69, 9.17) is 4.18 Å². The van der Waals surface area contributed by atoms with Gasteiger partial charge in [0.15, 0.2) is 0 Å². The van der Waals surface area contributed by atoms with Crippen molar-refractivity contribution < 1.29 is 25.2 Å². The Kier molecular flexibility index (Phi) is 9.50. The van der Waals surface area contributed by atoms with Crippen molar-refractivity contribution in [2.75, 3.05) is 13.2 Å². The van der Waals surface area contributed by atoms with Crippen LogP contribution in [-0.2, 0) is 28.6 Å². The van der Waals surface area contributed by atoms with Crippen LogP contribution in [0.2, 0.25) is 0 Å². The lowest BCUT2D eigenvalue weighted by molar-refractivity contribution is 0.311. The van der Waals surface area contributed by atoms with Crippen LogP contribution < -0.4 is 0 Å². The van der Waals surface area contributed by atoms with E-state index in [0.29, 0.717) is 0 Å². The van der Waals surface area contributed by atoms with Gasteiger partial charge in [0.1, 0.15) is 0 Å². The lowest BCUT2D eigenvalue weighted by Crippen LogP contribution is -2.07. The van der Waals surface area contributed by atoms with Gasteiger partial charge in [-0.15, -0.1) is 0 Å². The first-order valence-electron chi connectivity index (χ1n) is 8.22. The van der Waals surface area contributed by atoms with Gasteiger partial charge in [-0.3, -0.25) is 8.37 Å². The fraction of sp³-hybridized carbons (Fsp3) is 0.333. The number of rotatable bonds is 8. The van der Waals surface area contributed by atoms with E-state index >= 15 is 0 Å². The van der Waals surface area contributed by atoms with Gasteiger partial charge in [-0.1, -0.05) is 49.7 Å². The molecule has 8 heteroatoms. The molecule has 0 aliphatic carbocycles.